The fourth-order valence-electron chi connectivity index (χ4n) is 3.25. The molecule has 154 valence electrons. The number of aromatic amines is 1. The van der Waals surface area contributed by atoms with Crippen LogP contribution < -0.4 is 10.1 Å². The van der Waals surface area contributed by atoms with E-state index < -0.39 is 0 Å². The second-order valence-electron chi connectivity index (χ2n) is 7.51. The van der Waals surface area contributed by atoms with Crippen LogP contribution in [0.5, 0.6) is 5.75 Å². The average molecular weight is 421 g/mol. The van der Waals surface area contributed by atoms with Crippen molar-refractivity contribution in [3.8, 4) is 5.75 Å². The Hall–Kier alpha value is -3.19. The first-order valence-corrected chi connectivity index (χ1v) is 10.8. The van der Waals surface area contributed by atoms with Crippen molar-refractivity contribution >= 4 is 28.3 Å². The zero-order chi connectivity index (χ0) is 21.1. The highest BCUT2D eigenvalue weighted by molar-refractivity contribution is 7.09. The van der Waals surface area contributed by atoms with Crippen molar-refractivity contribution in [3.63, 3.8) is 0 Å². The van der Waals surface area contributed by atoms with E-state index in [1.54, 1.807) is 23.5 Å². The van der Waals surface area contributed by atoms with E-state index in [1.165, 1.54) is 0 Å². The molecule has 0 bridgehead atoms. The van der Waals surface area contributed by atoms with Gasteiger partial charge in [0.15, 0.2) is 0 Å². The summed E-state index contributed by atoms with van der Waals surface area (Å²) in [6, 6.07) is 14.8. The van der Waals surface area contributed by atoms with Crippen molar-refractivity contribution in [2.45, 2.75) is 33.4 Å². The molecule has 1 atom stereocenters. The van der Waals surface area contributed by atoms with Gasteiger partial charge in [0.25, 0.3) is 5.91 Å². The predicted octanol–water partition coefficient (Wildman–Crippen LogP) is 5.03. The summed E-state index contributed by atoms with van der Waals surface area (Å²) in [5.41, 5.74) is 3.28. The lowest BCUT2D eigenvalue weighted by Gasteiger charge is -2.20. The van der Waals surface area contributed by atoms with Gasteiger partial charge in [0.2, 0.25) is 0 Å². The molecule has 1 amide bonds. The zero-order valence-electron chi connectivity index (χ0n) is 17.2. The van der Waals surface area contributed by atoms with E-state index in [9.17, 15) is 4.79 Å². The maximum Gasteiger partial charge on any atom is 0.252 e. The highest BCUT2D eigenvalue weighted by Gasteiger charge is 2.22. The van der Waals surface area contributed by atoms with Gasteiger partial charge in [-0.1, -0.05) is 32.0 Å². The number of amides is 1. The van der Waals surface area contributed by atoms with E-state index in [2.05, 4.69) is 34.1 Å². The lowest BCUT2D eigenvalue weighted by Crippen LogP contribution is -2.32. The highest BCUT2D eigenvalue weighted by atomic mass is 32.1. The zero-order valence-corrected chi connectivity index (χ0v) is 18.0. The van der Waals surface area contributed by atoms with Gasteiger partial charge in [0.1, 0.15) is 18.2 Å². The van der Waals surface area contributed by atoms with Gasteiger partial charge in [-0.2, -0.15) is 0 Å². The minimum Gasteiger partial charge on any atom is -0.487 e. The highest BCUT2D eigenvalue weighted by Crippen LogP contribution is 2.23. The van der Waals surface area contributed by atoms with Gasteiger partial charge in [-0.3, -0.25) is 4.79 Å². The smallest absolute Gasteiger partial charge is 0.252 e. The van der Waals surface area contributed by atoms with Crippen molar-refractivity contribution in [1.29, 1.82) is 0 Å². The topological polar surface area (TPSA) is 79.9 Å². The molecule has 0 radical (unpaired) electrons. The number of carbonyl (C=O) groups excluding carboxylic acids is 1. The first-order chi connectivity index (χ1) is 14.5. The first-order valence-electron chi connectivity index (χ1n) is 9.89. The summed E-state index contributed by atoms with van der Waals surface area (Å²) in [7, 11) is 0. The summed E-state index contributed by atoms with van der Waals surface area (Å²) >= 11 is 1.59. The van der Waals surface area contributed by atoms with Crippen LogP contribution in [0.25, 0.3) is 11.0 Å². The Morgan fingerprint density at radius 3 is 2.73 bits per heavy atom. The molecule has 0 spiro atoms. The molecule has 0 aliphatic rings. The Balaban J connectivity index is 1.48. The van der Waals surface area contributed by atoms with Crippen molar-refractivity contribution in [2.75, 3.05) is 0 Å². The van der Waals surface area contributed by atoms with Crippen LogP contribution in [-0.2, 0) is 6.61 Å². The molecule has 2 aromatic heterocycles. The molecule has 2 heterocycles. The number of nitrogens with one attached hydrogen (secondary N) is 2. The van der Waals surface area contributed by atoms with Gasteiger partial charge < -0.3 is 15.0 Å². The Morgan fingerprint density at radius 1 is 1.17 bits per heavy atom. The minimum absolute atomic E-state index is 0.163. The van der Waals surface area contributed by atoms with Crippen LogP contribution in [0.1, 0.15) is 46.8 Å². The lowest BCUT2D eigenvalue weighted by atomic mass is 10.0. The number of para-hydroxylation sites is 2. The summed E-state index contributed by atoms with van der Waals surface area (Å²) < 4.78 is 5.82. The third kappa shape index (κ3) is 4.52. The van der Waals surface area contributed by atoms with E-state index in [0.717, 1.165) is 27.6 Å². The van der Waals surface area contributed by atoms with Crippen LogP contribution in [0.3, 0.4) is 0 Å². The van der Waals surface area contributed by atoms with Gasteiger partial charge in [0, 0.05) is 10.9 Å². The van der Waals surface area contributed by atoms with Crippen molar-refractivity contribution < 1.29 is 9.53 Å². The van der Waals surface area contributed by atoms with Gasteiger partial charge in [-0.15, -0.1) is 11.3 Å². The second-order valence-corrected chi connectivity index (χ2v) is 8.57. The maximum atomic E-state index is 13.0. The second kappa shape index (κ2) is 8.67. The summed E-state index contributed by atoms with van der Waals surface area (Å²) in [4.78, 5) is 25.3. The van der Waals surface area contributed by atoms with Crippen LogP contribution in [0.15, 0.2) is 53.9 Å². The molecule has 4 rings (SSSR count). The molecule has 0 saturated heterocycles. The largest absolute Gasteiger partial charge is 0.487 e. The van der Waals surface area contributed by atoms with E-state index in [0.29, 0.717) is 17.9 Å². The van der Waals surface area contributed by atoms with E-state index in [1.807, 2.05) is 48.7 Å². The van der Waals surface area contributed by atoms with Crippen molar-refractivity contribution in [1.82, 2.24) is 20.3 Å². The molecule has 30 heavy (non-hydrogen) atoms. The molecule has 0 fully saturated rings. The third-order valence-electron chi connectivity index (χ3n) is 4.81. The summed E-state index contributed by atoms with van der Waals surface area (Å²) in [5.74, 6) is 1.40. The number of rotatable bonds is 7. The van der Waals surface area contributed by atoms with E-state index >= 15 is 0 Å². The molecule has 0 aliphatic carbocycles. The molecule has 0 aliphatic heterocycles. The number of aromatic nitrogens is 3. The van der Waals surface area contributed by atoms with Crippen LogP contribution in [-0.4, -0.2) is 20.9 Å². The molecular formula is C23H24N4O2S. The molecule has 0 saturated carbocycles. The van der Waals surface area contributed by atoms with Crippen LogP contribution >= 0.6 is 11.3 Å². The minimum atomic E-state index is -0.229. The number of benzene rings is 2. The first kappa shape index (κ1) is 20.1. The molecule has 2 aromatic carbocycles. The predicted molar refractivity (Wildman–Crippen MR) is 119 cm³/mol. The van der Waals surface area contributed by atoms with Crippen molar-refractivity contribution in [2.24, 2.45) is 5.92 Å². The maximum absolute atomic E-state index is 13.0. The normalized spacial score (nSPS) is 12.3. The molecule has 7 heteroatoms. The number of thiazole rings is 1. The standard InChI is InChI=1S/C23H24N4O2S/c1-14(2)21(22-25-19-9-4-5-10-20(19)26-22)27-23(28)16-7-6-8-18(11-16)29-12-17-13-30-15(3)24-17/h4-11,13-14,21H,12H2,1-3H3,(H,25,26)(H,27,28). The Morgan fingerprint density at radius 2 is 2.00 bits per heavy atom. The Labute approximate surface area is 179 Å². The Bertz CT molecular complexity index is 1130. The fourth-order valence-corrected chi connectivity index (χ4v) is 3.85. The third-order valence-corrected chi connectivity index (χ3v) is 5.63. The number of hydrogen-bond acceptors (Lipinski definition) is 5. The number of ether oxygens (including phenoxy) is 1. The van der Waals surface area contributed by atoms with Gasteiger partial charge in [-0.05, 0) is 43.2 Å². The number of aryl methyl sites for hydroxylation is 1. The number of hydrogen-bond donors (Lipinski definition) is 2. The number of nitrogens with zero attached hydrogens (tertiary/aromatic N) is 2. The molecular weight excluding hydrogens is 396 g/mol. The van der Waals surface area contributed by atoms with Crippen molar-refractivity contribution in [3.05, 3.63) is 76.0 Å². The van der Waals surface area contributed by atoms with Gasteiger partial charge in [-0.25, -0.2) is 9.97 Å². The van der Waals surface area contributed by atoms with Crippen LogP contribution in [0.4, 0.5) is 0 Å². The number of H-pyrrole nitrogens is 1. The molecule has 1 unspecified atom stereocenters. The lowest BCUT2D eigenvalue weighted by molar-refractivity contribution is 0.0923. The Kier molecular flexibility index (Phi) is 5.81. The summed E-state index contributed by atoms with van der Waals surface area (Å²) in [5, 5.41) is 6.10. The van der Waals surface area contributed by atoms with E-state index in [-0.39, 0.29) is 17.9 Å². The molecule has 6 nitrogen and oxygen atoms in total. The monoisotopic (exact) mass is 420 g/mol. The van der Waals surface area contributed by atoms with Crippen LogP contribution in [0.2, 0.25) is 0 Å². The van der Waals surface area contributed by atoms with Gasteiger partial charge >= 0.3 is 0 Å². The summed E-state index contributed by atoms with van der Waals surface area (Å²) in [6.07, 6.45) is 0. The number of fused-ring (bicyclic) bond motifs is 1. The SMILES string of the molecule is Cc1nc(COc2cccc(C(=O)NC(c3nc4ccccc4[nH]3)C(C)C)c2)cs1. The summed E-state index contributed by atoms with van der Waals surface area (Å²) in [6.45, 7) is 6.47. The van der Waals surface area contributed by atoms with Crippen LogP contribution in [0, 0.1) is 12.8 Å². The molecule has 4 aromatic rings. The average Bonchev–Trinajstić information content (AvgIpc) is 3.36. The number of carbonyl (C=O) groups is 1. The fraction of sp³-hybridized carbons (Fsp3) is 0.261. The number of imidazole rings is 1. The molecule has 2 N–H and O–H groups in total. The van der Waals surface area contributed by atoms with E-state index in [4.69, 9.17) is 4.74 Å². The van der Waals surface area contributed by atoms with Gasteiger partial charge in [0.05, 0.1) is 27.8 Å². The quantitative estimate of drug-likeness (QED) is 0.439.